The molecule has 0 bridgehead atoms. The van der Waals surface area contributed by atoms with Crippen molar-refractivity contribution >= 4 is 58.0 Å². The molecule has 2 aromatic carbocycles. The van der Waals surface area contributed by atoms with E-state index in [1.807, 2.05) is 67.8 Å². The largest absolute Gasteiger partial charge is 0.318 e. The molecule has 0 radical (unpaired) electrons. The minimum atomic E-state index is -0.404. The molecule has 39 heavy (non-hydrogen) atoms. The number of rotatable bonds is 5. The number of amides is 4. The zero-order chi connectivity index (χ0) is 27.8. The Bertz CT molecular complexity index is 1710. The van der Waals surface area contributed by atoms with Gasteiger partial charge in [0.25, 0.3) is 22.3 Å². The van der Waals surface area contributed by atoms with Crippen LogP contribution >= 0.6 is 23.5 Å². The first kappa shape index (κ1) is 26.3. The topological polar surface area (TPSA) is 121 Å². The van der Waals surface area contributed by atoms with Crippen LogP contribution in [0.15, 0.2) is 52.3 Å². The number of nitriles is 1. The summed E-state index contributed by atoms with van der Waals surface area (Å²) in [4.78, 5) is 47.7. The SMILES string of the molecule is CCc1cc(-c2ccc(-n3c(C)cc(/C=C4\SC(=O)NC4=O)c3C)cc2C#N)ccc1/C=C1\SC(=O)NC1=O. The third-order valence-electron chi connectivity index (χ3n) is 6.54. The van der Waals surface area contributed by atoms with Crippen molar-refractivity contribution in [1.82, 2.24) is 15.2 Å². The Hall–Kier alpha value is -4.33. The van der Waals surface area contributed by atoms with E-state index < -0.39 is 11.8 Å². The first-order valence-corrected chi connectivity index (χ1v) is 13.7. The van der Waals surface area contributed by atoms with Crippen molar-refractivity contribution in [2.75, 3.05) is 0 Å². The van der Waals surface area contributed by atoms with Crippen LogP contribution in [0.3, 0.4) is 0 Å². The van der Waals surface area contributed by atoms with Crippen LogP contribution in [0, 0.1) is 25.2 Å². The van der Waals surface area contributed by atoms with E-state index in [0.29, 0.717) is 21.8 Å². The number of hydrogen-bond acceptors (Lipinski definition) is 7. The summed E-state index contributed by atoms with van der Waals surface area (Å²) in [5.74, 6) is -0.800. The fourth-order valence-electron chi connectivity index (χ4n) is 4.69. The lowest BCUT2D eigenvalue weighted by molar-refractivity contribution is -0.116. The third-order valence-corrected chi connectivity index (χ3v) is 8.17. The predicted octanol–water partition coefficient (Wildman–Crippen LogP) is 5.84. The Morgan fingerprint density at radius 1 is 0.872 bits per heavy atom. The molecular weight excluding hydrogens is 532 g/mol. The fourth-order valence-corrected chi connectivity index (χ4v) is 6.04. The maximum absolute atomic E-state index is 12.0. The fraction of sp³-hybridized carbons (Fsp3) is 0.138. The zero-order valence-corrected chi connectivity index (χ0v) is 22.9. The number of imide groups is 2. The number of nitrogens with zero attached hydrogens (tertiary/aromatic N) is 2. The van der Waals surface area contributed by atoms with Gasteiger partial charge in [-0.1, -0.05) is 31.2 Å². The van der Waals surface area contributed by atoms with Crippen LogP contribution in [-0.4, -0.2) is 26.9 Å². The van der Waals surface area contributed by atoms with Gasteiger partial charge in [0.05, 0.1) is 21.4 Å². The smallest absolute Gasteiger partial charge is 0.290 e. The van der Waals surface area contributed by atoms with E-state index in [2.05, 4.69) is 16.7 Å². The van der Waals surface area contributed by atoms with Crippen LogP contribution < -0.4 is 10.6 Å². The molecule has 2 aliphatic heterocycles. The molecule has 0 atom stereocenters. The van der Waals surface area contributed by atoms with Crippen molar-refractivity contribution in [2.24, 2.45) is 0 Å². The molecule has 8 nitrogen and oxygen atoms in total. The zero-order valence-electron chi connectivity index (χ0n) is 21.2. The Balaban J connectivity index is 1.50. The number of carbonyl (C=O) groups is 4. The van der Waals surface area contributed by atoms with Gasteiger partial charge in [0.15, 0.2) is 0 Å². The third kappa shape index (κ3) is 5.06. The van der Waals surface area contributed by atoms with E-state index in [-0.39, 0.29) is 10.5 Å². The lowest BCUT2D eigenvalue weighted by Gasteiger charge is -2.14. The average Bonchev–Trinajstić information content (AvgIpc) is 3.50. The molecule has 0 spiro atoms. The van der Waals surface area contributed by atoms with Crippen molar-refractivity contribution < 1.29 is 19.2 Å². The number of aryl methyl sites for hydroxylation is 2. The molecule has 0 saturated carbocycles. The minimum Gasteiger partial charge on any atom is -0.318 e. The van der Waals surface area contributed by atoms with Crippen molar-refractivity contribution in [2.45, 2.75) is 27.2 Å². The van der Waals surface area contributed by atoms with E-state index in [1.165, 1.54) is 0 Å². The Morgan fingerprint density at radius 2 is 1.51 bits per heavy atom. The van der Waals surface area contributed by atoms with E-state index in [4.69, 9.17) is 0 Å². The number of hydrogen-bond donors (Lipinski definition) is 2. The van der Waals surface area contributed by atoms with E-state index in [9.17, 15) is 24.4 Å². The summed E-state index contributed by atoms with van der Waals surface area (Å²) in [6.07, 6.45) is 4.13. The highest BCUT2D eigenvalue weighted by Crippen LogP contribution is 2.33. The van der Waals surface area contributed by atoms with Crippen LogP contribution in [0.5, 0.6) is 0 Å². The molecule has 0 unspecified atom stereocenters. The molecule has 5 rings (SSSR count). The number of nitrogens with one attached hydrogen (secondary N) is 2. The monoisotopic (exact) mass is 554 g/mol. The van der Waals surface area contributed by atoms with E-state index in [1.54, 1.807) is 12.2 Å². The standard InChI is InChI=1S/C29H22N4O4S2/c1-4-17-10-19(6-5-18(17)12-24-26(34)31-28(36)38-24)23-8-7-22(11-21(23)14-30)33-15(2)9-20(16(33)3)13-25-27(35)32-29(37)39-25/h5-13H,4H2,1-3H3,(H,31,34,36)(H,32,35,37)/b24-12-,25-13-. The van der Waals surface area contributed by atoms with Crippen LogP contribution in [0.1, 0.15) is 40.6 Å². The first-order chi connectivity index (χ1) is 18.7. The summed E-state index contributed by atoms with van der Waals surface area (Å²) in [7, 11) is 0. The van der Waals surface area contributed by atoms with Crippen LogP contribution in [0.25, 0.3) is 29.0 Å². The van der Waals surface area contributed by atoms with Gasteiger partial charge in [-0.25, -0.2) is 0 Å². The predicted molar refractivity (Wildman–Crippen MR) is 153 cm³/mol. The molecule has 4 amide bonds. The van der Waals surface area contributed by atoms with Gasteiger partial charge < -0.3 is 4.57 Å². The first-order valence-electron chi connectivity index (χ1n) is 12.0. The second kappa shape index (κ2) is 10.4. The van der Waals surface area contributed by atoms with Gasteiger partial charge in [-0.2, -0.15) is 5.26 Å². The van der Waals surface area contributed by atoms with Crippen molar-refractivity contribution in [3.8, 4) is 22.9 Å². The molecule has 194 valence electrons. The molecule has 1 aromatic heterocycles. The number of aromatic nitrogens is 1. The van der Waals surface area contributed by atoms with Crippen LogP contribution in [0.4, 0.5) is 9.59 Å². The van der Waals surface area contributed by atoms with Gasteiger partial charge in [0.2, 0.25) is 0 Å². The van der Waals surface area contributed by atoms with Crippen LogP contribution in [-0.2, 0) is 16.0 Å². The summed E-state index contributed by atoms with van der Waals surface area (Å²) in [6, 6.07) is 15.8. The Morgan fingerprint density at radius 3 is 2.08 bits per heavy atom. The molecule has 3 aromatic rings. The highest BCUT2D eigenvalue weighted by Gasteiger charge is 2.26. The minimum absolute atomic E-state index is 0.345. The van der Waals surface area contributed by atoms with E-state index >= 15 is 0 Å². The number of thioether (sulfide) groups is 2. The summed E-state index contributed by atoms with van der Waals surface area (Å²) >= 11 is 1.76. The summed E-state index contributed by atoms with van der Waals surface area (Å²) < 4.78 is 2.01. The molecule has 10 heteroatoms. The normalized spacial score (nSPS) is 17.2. The summed E-state index contributed by atoms with van der Waals surface area (Å²) in [5.41, 5.74) is 7.41. The van der Waals surface area contributed by atoms with Gasteiger partial charge >= 0.3 is 0 Å². The quantitative estimate of drug-likeness (QED) is 0.380. The Labute approximate surface area is 233 Å². The molecule has 2 fully saturated rings. The molecule has 2 N–H and O–H groups in total. The highest BCUT2D eigenvalue weighted by atomic mass is 32.2. The number of benzene rings is 2. The van der Waals surface area contributed by atoms with E-state index in [0.717, 1.165) is 68.4 Å². The van der Waals surface area contributed by atoms with Crippen molar-refractivity contribution in [3.05, 3.63) is 85.9 Å². The second-order valence-corrected chi connectivity index (χ2v) is 11.0. The van der Waals surface area contributed by atoms with Gasteiger partial charge in [0.1, 0.15) is 0 Å². The highest BCUT2D eigenvalue weighted by molar-refractivity contribution is 8.18. The van der Waals surface area contributed by atoms with Crippen molar-refractivity contribution in [1.29, 1.82) is 5.26 Å². The Kier molecular flexibility index (Phi) is 7.04. The molecule has 2 saturated heterocycles. The number of carbonyl (C=O) groups excluding carboxylic acids is 4. The van der Waals surface area contributed by atoms with Crippen molar-refractivity contribution in [3.63, 3.8) is 0 Å². The summed E-state index contributed by atoms with van der Waals surface area (Å²) in [6.45, 7) is 5.88. The molecule has 2 aliphatic rings. The van der Waals surface area contributed by atoms with Gasteiger partial charge in [-0.15, -0.1) is 0 Å². The van der Waals surface area contributed by atoms with Gasteiger partial charge in [0, 0.05) is 17.1 Å². The van der Waals surface area contributed by atoms with Gasteiger partial charge in [-0.05, 0) is 102 Å². The lowest BCUT2D eigenvalue weighted by Crippen LogP contribution is -2.17. The maximum atomic E-state index is 12.0. The molecule has 0 aliphatic carbocycles. The molecule has 3 heterocycles. The second-order valence-electron chi connectivity index (χ2n) is 8.98. The average molecular weight is 555 g/mol. The lowest BCUT2D eigenvalue weighted by atomic mass is 9.94. The van der Waals surface area contributed by atoms with Crippen LogP contribution in [0.2, 0.25) is 0 Å². The maximum Gasteiger partial charge on any atom is 0.290 e. The molecular formula is C29H22N4O4S2. The van der Waals surface area contributed by atoms with Gasteiger partial charge in [-0.3, -0.25) is 29.8 Å². The summed E-state index contributed by atoms with van der Waals surface area (Å²) in [5, 5.41) is 13.8.